The van der Waals surface area contributed by atoms with Crippen LogP contribution in [0.15, 0.2) is 35.0 Å². The number of rotatable bonds is 3. The molecule has 12 heteroatoms. The Labute approximate surface area is 151 Å². The molecule has 2 aromatic heterocycles. The Bertz CT molecular complexity index is 954. The minimum atomic E-state index is -5.15. The van der Waals surface area contributed by atoms with Gasteiger partial charge in [0.2, 0.25) is 0 Å². The third-order valence-corrected chi connectivity index (χ3v) is 3.75. The fourth-order valence-corrected chi connectivity index (χ4v) is 2.68. The van der Waals surface area contributed by atoms with Crippen molar-refractivity contribution in [1.29, 1.82) is 0 Å². The van der Waals surface area contributed by atoms with Crippen LogP contribution in [0.2, 0.25) is 5.02 Å². The predicted molar refractivity (Wildman–Crippen MR) is 79.2 cm³/mol. The molecule has 2 heterocycles. The van der Waals surface area contributed by atoms with Crippen molar-refractivity contribution < 1.29 is 35.3 Å². The van der Waals surface area contributed by atoms with Crippen molar-refractivity contribution >= 4 is 11.6 Å². The molecule has 3 rings (SSSR count). The zero-order chi connectivity index (χ0) is 20.0. The number of nitrogens with zero attached hydrogens (tertiary/aromatic N) is 3. The van der Waals surface area contributed by atoms with Gasteiger partial charge in [-0.2, -0.15) is 31.4 Å². The van der Waals surface area contributed by atoms with Gasteiger partial charge in [-0.25, -0.2) is 4.39 Å². The summed E-state index contributed by atoms with van der Waals surface area (Å²) in [6.07, 6.45) is -9.50. The van der Waals surface area contributed by atoms with Gasteiger partial charge >= 0.3 is 12.4 Å². The first-order chi connectivity index (χ1) is 12.5. The van der Waals surface area contributed by atoms with Crippen molar-refractivity contribution in [2.45, 2.75) is 18.9 Å². The van der Waals surface area contributed by atoms with Crippen molar-refractivity contribution in [1.82, 2.24) is 14.9 Å². The van der Waals surface area contributed by atoms with Gasteiger partial charge in [0.1, 0.15) is 18.1 Å². The Kier molecular flexibility index (Phi) is 4.66. The molecule has 3 aromatic rings. The van der Waals surface area contributed by atoms with Gasteiger partial charge < -0.3 is 4.52 Å². The molecule has 27 heavy (non-hydrogen) atoms. The van der Waals surface area contributed by atoms with Gasteiger partial charge in [0.25, 0.3) is 0 Å². The van der Waals surface area contributed by atoms with Gasteiger partial charge in [-0.05, 0) is 12.1 Å². The lowest BCUT2D eigenvalue weighted by Gasteiger charge is -2.13. The lowest BCUT2D eigenvalue weighted by Crippen LogP contribution is -2.24. The summed E-state index contributed by atoms with van der Waals surface area (Å²) in [7, 11) is 0. The van der Waals surface area contributed by atoms with Crippen LogP contribution in [0.1, 0.15) is 5.69 Å². The summed E-state index contributed by atoms with van der Waals surface area (Å²) in [5, 5.41) is 6.54. The van der Waals surface area contributed by atoms with Gasteiger partial charge in [-0.3, -0.25) is 4.68 Å². The third-order valence-electron chi connectivity index (χ3n) is 3.43. The number of halogens is 8. The Hall–Kier alpha value is -2.56. The molecular weight excluding hydrogens is 407 g/mol. The van der Waals surface area contributed by atoms with E-state index in [0.717, 1.165) is 12.1 Å². The first-order valence-corrected chi connectivity index (χ1v) is 7.46. The van der Waals surface area contributed by atoms with E-state index in [0.29, 0.717) is 6.20 Å². The van der Waals surface area contributed by atoms with E-state index in [1.807, 2.05) is 0 Å². The highest BCUT2D eigenvalue weighted by Crippen LogP contribution is 2.40. The van der Waals surface area contributed by atoms with E-state index in [1.54, 1.807) is 0 Å². The van der Waals surface area contributed by atoms with Gasteiger partial charge in [0.05, 0.1) is 22.3 Å². The van der Waals surface area contributed by atoms with Crippen LogP contribution >= 0.6 is 11.6 Å². The Morgan fingerprint density at radius 1 is 1.11 bits per heavy atom. The van der Waals surface area contributed by atoms with E-state index < -0.39 is 41.7 Å². The van der Waals surface area contributed by atoms with E-state index in [2.05, 4.69) is 10.3 Å². The van der Waals surface area contributed by atoms with Gasteiger partial charge in [0, 0.05) is 6.07 Å². The molecule has 0 radical (unpaired) electrons. The van der Waals surface area contributed by atoms with Crippen LogP contribution in [0.3, 0.4) is 0 Å². The smallest absolute Gasteiger partial charge is 0.356 e. The average Bonchev–Trinajstić information content (AvgIpc) is 3.11. The minimum absolute atomic E-state index is 0.0707. The molecule has 0 bridgehead atoms. The summed E-state index contributed by atoms with van der Waals surface area (Å²) < 4.78 is 95.9. The fraction of sp³-hybridized carbons (Fsp3) is 0.200. The van der Waals surface area contributed by atoms with Gasteiger partial charge in [-0.15, -0.1) is 0 Å². The summed E-state index contributed by atoms with van der Waals surface area (Å²) in [5.74, 6) is -1.34. The molecule has 0 aliphatic rings. The van der Waals surface area contributed by atoms with Crippen molar-refractivity contribution in [2.75, 3.05) is 0 Å². The van der Waals surface area contributed by atoms with Crippen LogP contribution < -0.4 is 0 Å². The summed E-state index contributed by atoms with van der Waals surface area (Å²) >= 11 is 5.86. The molecule has 144 valence electrons. The predicted octanol–water partition coefficient (Wildman–Crippen LogP) is 5.58. The third kappa shape index (κ3) is 3.92. The average molecular weight is 414 g/mol. The number of aromatic nitrogens is 3. The normalized spacial score (nSPS) is 12.6. The van der Waals surface area contributed by atoms with Gasteiger partial charge in [-0.1, -0.05) is 22.8 Å². The Morgan fingerprint density at radius 2 is 1.81 bits per heavy atom. The number of benzene rings is 1. The van der Waals surface area contributed by atoms with Gasteiger partial charge in [0.15, 0.2) is 11.5 Å². The minimum Gasteiger partial charge on any atom is -0.356 e. The van der Waals surface area contributed by atoms with E-state index in [4.69, 9.17) is 16.1 Å². The Balaban J connectivity index is 2.10. The topological polar surface area (TPSA) is 43.9 Å². The lowest BCUT2D eigenvalue weighted by atomic mass is 10.1. The lowest BCUT2D eigenvalue weighted by molar-refractivity contribution is -0.160. The molecule has 0 N–H and O–H groups in total. The molecular formula is C15H7ClF7N3O. The van der Waals surface area contributed by atoms with Crippen LogP contribution in [0.4, 0.5) is 30.7 Å². The fourth-order valence-electron chi connectivity index (χ4n) is 2.42. The Morgan fingerprint density at radius 3 is 2.41 bits per heavy atom. The van der Waals surface area contributed by atoms with Crippen LogP contribution in [-0.4, -0.2) is 21.1 Å². The van der Waals surface area contributed by atoms with E-state index in [9.17, 15) is 30.7 Å². The maximum atomic E-state index is 13.9. The number of alkyl halides is 6. The van der Waals surface area contributed by atoms with E-state index >= 15 is 0 Å². The van der Waals surface area contributed by atoms with Crippen molar-refractivity contribution in [3.63, 3.8) is 0 Å². The standard InChI is InChI=1S/C15H7ClF7N3O/c16-8-2-1-3-9(17)12(8)10-4-11(27-25-10)7-5-24-26(6-14(18,19)20)13(7)15(21,22)23/h1-5H,6H2. The van der Waals surface area contributed by atoms with Crippen LogP contribution in [0.25, 0.3) is 22.6 Å². The highest BCUT2D eigenvalue weighted by atomic mass is 35.5. The second-order valence-corrected chi connectivity index (χ2v) is 5.76. The second kappa shape index (κ2) is 6.55. The second-order valence-electron chi connectivity index (χ2n) is 5.35. The first-order valence-electron chi connectivity index (χ1n) is 7.08. The van der Waals surface area contributed by atoms with Crippen molar-refractivity contribution in [3.05, 3.63) is 47.0 Å². The summed E-state index contributed by atoms with van der Waals surface area (Å²) in [6.45, 7) is -1.94. The van der Waals surface area contributed by atoms with Crippen LogP contribution in [-0.2, 0) is 12.7 Å². The molecule has 0 spiro atoms. The zero-order valence-electron chi connectivity index (χ0n) is 12.9. The molecule has 0 amide bonds. The summed E-state index contributed by atoms with van der Waals surface area (Å²) in [4.78, 5) is 0. The maximum absolute atomic E-state index is 13.9. The SMILES string of the molecule is Fc1cccc(Cl)c1-c1cc(-c2cnn(CC(F)(F)F)c2C(F)(F)F)on1. The number of hydrogen-bond acceptors (Lipinski definition) is 3. The van der Waals surface area contributed by atoms with Crippen molar-refractivity contribution in [3.8, 4) is 22.6 Å². The molecule has 0 atom stereocenters. The molecule has 4 nitrogen and oxygen atoms in total. The van der Waals surface area contributed by atoms with Crippen LogP contribution in [0, 0.1) is 5.82 Å². The highest BCUT2D eigenvalue weighted by molar-refractivity contribution is 6.33. The largest absolute Gasteiger partial charge is 0.433 e. The molecule has 0 saturated carbocycles. The zero-order valence-corrected chi connectivity index (χ0v) is 13.6. The summed E-state index contributed by atoms with van der Waals surface area (Å²) in [6, 6.07) is 4.63. The first kappa shape index (κ1) is 19.2. The maximum Gasteiger partial charge on any atom is 0.433 e. The quantitative estimate of drug-likeness (QED) is 0.527. The van der Waals surface area contributed by atoms with Crippen molar-refractivity contribution in [2.24, 2.45) is 0 Å². The molecule has 0 fully saturated rings. The molecule has 0 aliphatic carbocycles. The molecule has 0 unspecified atom stereocenters. The van der Waals surface area contributed by atoms with E-state index in [1.165, 1.54) is 12.1 Å². The highest BCUT2D eigenvalue weighted by Gasteiger charge is 2.42. The molecule has 0 saturated heterocycles. The molecule has 1 aromatic carbocycles. The van der Waals surface area contributed by atoms with E-state index in [-0.39, 0.29) is 21.0 Å². The molecule has 0 aliphatic heterocycles. The summed E-state index contributed by atoms with van der Waals surface area (Å²) in [5.41, 5.74) is -2.87. The van der Waals surface area contributed by atoms with Crippen LogP contribution in [0.5, 0.6) is 0 Å². The number of hydrogen-bond donors (Lipinski definition) is 0. The monoisotopic (exact) mass is 413 g/mol.